The second-order valence-electron chi connectivity index (χ2n) is 9.12. The molecule has 1 aliphatic carbocycles. The van der Waals surface area contributed by atoms with Gasteiger partial charge in [0.2, 0.25) is 11.8 Å². The van der Waals surface area contributed by atoms with Gasteiger partial charge in [0, 0.05) is 37.9 Å². The lowest BCUT2D eigenvalue weighted by Gasteiger charge is -2.40. The molecule has 0 bridgehead atoms. The summed E-state index contributed by atoms with van der Waals surface area (Å²) in [6.07, 6.45) is 5.29. The summed E-state index contributed by atoms with van der Waals surface area (Å²) in [7, 11) is 0. The number of para-hydroxylation sites is 2. The van der Waals surface area contributed by atoms with Crippen LogP contribution in [0.3, 0.4) is 0 Å². The van der Waals surface area contributed by atoms with Gasteiger partial charge in [-0.1, -0.05) is 38.8 Å². The van der Waals surface area contributed by atoms with Crippen LogP contribution in [0.25, 0.3) is 11.0 Å². The van der Waals surface area contributed by atoms with Gasteiger partial charge in [-0.15, -0.1) is 0 Å². The molecule has 1 aromatic heterocycles. The fourth-order valence-corrected chi connectivity index (χ4v) is 5.00. The highest BCUT2D eigenvalue weighted by molar-refractivity contribution is 5.81. The smallest absolute Gasteiger partial charge is 0.237 e. The number of nitrogens with zero attached hydrogens (tertiary/aromatic N) is 2. The lowest BCUT2D eigenvalue weighted by molar-refractivity contribution is -0.135. The van der Waals surface area contributed by atoms with Crippen LogP contribution < -0.4 is 16.2 Å². The fraction of sp³-hybridized carbons (Fsp3) is 0.609. The summed E-state index contributed by atoms with van der Waals surface area (Å²) in [4.78, 5) is 29.5. The van der Waals surface area contributed by atoms with Crippen molar-refractivity contribution in [2.75, 3.05) is 6.54 Å². The summed E-state index contributed by atoms with van der Waals surface area (Å²) < 4.78 is 2.27. The Morgan fingerprint density at radius 2 is 2.07 bits per heavy atom. The van der Waals surface area contributed by atoms with Crippen molar-refractivity contribution in [3.8, 4) is 0 Å². The molecule has 3 N–H and O–H groups in total. The Balaban J connectivity index is 1.34. The molecule has 2 fully saturated rings. The molecule has 1 aliphatic heterocycles. The van der Waals surface area contributed by atoms with Crippen molar-refractivity contribution in [1.82, 2.24) is 25.7 Å². The van der Waals surface area contributed by atoms with E-state index in [1.54, 1.807) is 0 Å². The van der Waals surface area contributed by atoms with Crippen LogP contribution in [0.15, 0.2) is 24.3 Å². The molecule has 0 radical (unpaired) electrons. The van der Waals surface area contributed by atoms with Crippen molar-refractivity contribution in [2.24, 2.45) is 17.8 Å². The minimum atomic E-state index is 0.0125. The highest BCUT2D eigenvalue weighted by Gasteiger charge is 2.40. The maximum Gasteiger partial charge on any atom is 0.237 e. The number of rotatable bonds is 7. The molecule has 2 aromatic rings. The standard InChI is InChI=1S/C23H33N5O2/c1-15(2)14-28-20-10-6-5-9-18(20)25-21(28)11-12-24-22(29)13-19-16-7-3-4-8-17(16)23(30)27-26-19/h5-6,9-10,15-17,19,26H,3-4,7-8,11-14H2,1-2H3,(H,24,29)(H,27,30). The number of imidazole rings is 1. The summed E-state index contributed by atoms with van der Waals surface area (Å²) in [6.45, 7) is 5.88. The molecular weight excluding hydrogens is 378 g/mol. The Hall–Kier alpha value is -2.41. The first-order chi connectivity index (χ1) is 14.5. The van der Waals surface area contributed by atoms with Gasteiger partial charge in [0.25, 0.3) is 0 Å². The Kier molecular flexibility index (Phi) is 6.37. The Bertz CT molecular complexity index is 906. The maximum atomic E-state index is 12.6. The van der Waals surface area contributed by atoms with E-state index < -0.39 is 0 Å². The summed E-state index contributed by atoms with van der Waals surface area (Å²) in [6, 6.07) is 8.21. The summed E-state index contributed by atoms with van der Waals surface area (Å²) in [5.74, 6) is 1.95. The van der Waals surface area contributed by atoms with Gasteiger partial charge in [-0.3, -0.25) is 15.0 Å². The molecular formula is C23H33N5O2. The van der Waals surface area contributed by atoms with Crippen LogP contribution >= 0.6 is 0 Å². The third-order valence-electron chi connectivity index (χ3n) is 6.41. The Morgan fingerprint density at radius 3 is 2.90 bits per heavy atom. The van der Waals surface area contributed by atoms with Gasteiger partial charge in [0.15, 0.2) is 0 Å². The van der Waals surface area contributed by atoms with Gasteiger partial charge in [0.1, 0.15) is 5.82 Å². The first kappa shape index (κ1) is 20.8. The molecule has 162 valence electrons. The molecule has 2 aliphatic rings. The predicted molar refractivity (Wildman–Crippen MR) is 116 cm³/mol. The molecule has 2 amide bonds. The van der Waals surface area contributed by atoms with Gasteiger partial charge in [0.05, 0.1) is 11.0 Å². The maximum absolute atomic E-state index is 12.6. The molecule has 1 saturated carbocycles. The number of hydrogen-bond acceptors (Lipinski definition) is 4. The second kappa shape index (κ2) is 9.16. The minimum absolute atomic E-state index is 0.0125. The zero-order valence-corrected chi connectivity index (χ0v) is 18.0. The van der Waals surface area contributed by atoms with Gasteiger partial charge in [-0.2, -0.15) is 0 Å². The molecule has 7 heteroatoms. The zero-order chi connectivity index (χ0) is 21.1. The number of fused-ring (bicyclic) bond motifs is 2. The summed E-state index contributed by atoms with van der Waals surface area (Å²) >= 11 is 0. The molecule has 1 saturated heterocycles. The monoisotopic (exact) mass is 411 g/mol. The van der Waals surface area contributed by atoms with Crippen molar-refractivity contribution in [1.29, 1.82) is 0 Å². The van der Waals surface area contributed by atoms with Crippen LogP contribution in [0, 0.1) is 17.8 Å². The highest BCUT2D eigenvalue weighted by atomic mass is 16.2. The molecule has 0 spiro atoms. The average Bonchev–Trinajstić information content (AvgIpc) is 3.07. The lowest BCUT2D eigenvalue weighted by Crippen LogP contribution is -2.60. The van der Waals surface area contributed by atoms with Gasteiger partial charge in [-0.25, -0.2) is 10.4 Å². The first-order valence-corrected chi connectivity index (χ1v) is 11.3. The predicted octanol–water partition coefficient (Wildman–Crippen LogP) is 2.55. The topological polar surface area (TPSA) is 88.0 Å². The highest BCUT2D eigenvalue weighted by Crippen LogP contribution is 2.35. The Labute approximate surface area is 178 Å². The number of hydrazine groups is 1. The van der Waals surface area contributed by atoms with E-state index >= 15 is 0 Å². The largest absolute Gasteiger partial charge is 0.356 e. The average molecular weight is 412 g/mol. The van der Waals surface area contributed by atoms with Gasteiger partial charge in [-0.05, 0) is 36.8 Å². The van der Waals surface area contributed by atoms with E-state index in [-0.39, 0.29) is 29.7 Å². The van der Waals surface area contributed by atoms with E-state index in [2.05, 4.69) is 40.6 Å². The second-order valence-corrected chi connectivity index (χ2v) is 9.12. The van der Waals surface area contributed by atoms with Gasteiger partial charge >= 0.3 is 0 Å². The molecule has 30 heavy (non-hydrogen) atoms. The van der Waals surface area contributed by atoms with E-state index in [9.17, 15) is 9.59 Å². The van der Waals surface area contributed by atoms with Crippen molar-refractivity contribution < 1.29 is 9.59 Å². The number of hydrogen-bond donors (Lipinski definition) is 3. The quantitative estimate of drug-likeness (QED) is 0.653. The Morgan fingerprint density at radius 1 is 1.27 bits per heavy atom. The number of aromatic nitrogens is 2. The number of amides is 2. The van der Waals surface area contributed by atoms with Crippen molar-refractivity contribution in [2.45, 2.75) is 65.0 Å². The summed E-state index contributed by atoms with van der Waals surface area (Å²) in [5.41, 5.74) is 8.01. The minimum Gasteiger partial charge on any atom is -0.356 e. The normalized spacial score (nSPS) is 24.0. The fourth-order valence-electron chi connectivity index (χ4n) is 5.00. The number of nitrogens with one attached hydrogen (secondary N) is 3. The van der Waals surface area contributed by atoms with Crippen molar-refractivity contribution in [3.63, 3.8) is 0 Å². The number of carbonyl (C=O) groups excluding carboxylic acids is 2. The number of carbonyl (C=O) groups is 2. The zero-order valence-electron chi connectivity index (χ0n) is 18.0. The van der Waals surface area contributed by atoms with Crippen molar-refractivity contribution >= 4 is 22.8 Å². The van der Waals surface area contributed by atoms with Crippen LogP contribution in [0.2, 0.25) is 0 Å². The van der Waals surface area contributed by atoms with Crippen LogP contribution in [0.5, 0.6) is 0 Å². The van der Waals surface area contributed by atoms with Crippen molar-refractivity contribution in [3.05, 3.63) is 30.1 Å². The lowest BCUT2D eigenvalue weighted by atomic mass is 9.73. The first-order valence-electron chi connectivity index (χ1n) is 11.3. The van der Waals surface area contributed by atoms with E-state index in [1.165, 1.54) is 0 Å². The van der Waals surface area contributed by atoms with E-state index in [0.29, 0.717) is 25.3 Å². The molecule has 7 nitrogen and oxygen atoms in total. The number of benzene rings is 1. The molecule has 3 unspecified atom stereocenters. The third kappa shape index (κ3) is 4.51. The van der Waals surface area contributed by atoms with Crippen LogP contribution in [0.4, 0.5) is 0 Å². The molecule has 4 rings (SSSR count). The molecule has 1 aromatic carbocycles. The van der Waals surface area contributed by atoms with E-state index in [4.69, 9.17) is 4.98 Å². The van der Waals surface area contributed by atoms with Crippen LogP contribution in [-0.2, 0) is 22.6 Å². The van der Waals surface area contributed by atoms with E-state index in [0.717, 1.165) is 49.1 Å². The SMILES string of the molecule is CC(C)Cn1c(CCNC(=O)CC2NNC(=O)C3CCCCC23)nc2ccccc21. The van der Waals surface area contributed by atoms with Gasteiger partial charge < -0.3 is 9.88 Å². The summed E-state index contributed by atoms with van der Waals surface area (Å²) in [5, 5.41) is 3.07. The molecule has 3 atom stereocenters. The molecule has 2 heterocycles. The third-order valence-corrected chi connectivity index (χ3v) is 6.41. The van der Waals surface area contributed by atoms with E-state index in [1.807, 2.05) is 18.2 Å². The van der Waals surface area contributed by atoms with Crippen LogP contribution in [-0.4, -0.2) is 34.0 Å². The van der Waals surface area contributed by atoms with Crippen LogP contribution in [0.1, 0.15) is 51.8 Å².